The van der Waals surface area contributed by atoms with Crippen molar-refractivity contribution in [2.24, 2.45) is 0 Å². The van der Waals surface area contributed by atoms with Crippen molar-refractivity contribution in [3.05, 3.63) is 35.9 Å². The third kappa shape index (κ3) is 5.79. The second-order valence-electron chi connectivity index (χ2n) is 6.30. The number of nitrogens with one attached hydrogen (secondary N) is 1. The molecule has 1 aromatic carbocycles. The molecular weight excluding hydrogens is 342 g/mol. The van der Waals surface area contributed by atoms with Crippen LogP contribution in [0.3, 0.4) is 0 Å². The Balaban J connectivity index is 1.83. The SMILES string of the molecule is COc1ccc(/C=C/CN2CC[C@@H](NS(=O)(=O)N(C)C)[C@H](O)C2)cc1. The van der Waals surface area contributed by atoms with E-state index >= 15 is 0 Å². The van der Waals surface area contributed by atoms with Crippen LogP contribution >= 0.6 is 0 Å². The number of ether oxygens (including phenoxy) is 1. The molecule has 0 aromatic heterocycles. The molecule has 7 nitrogen and oxygen atoms in total. The van der Waals surface area contributed by atoms with Crippen molar-refractivity contribution >= 4 is 16.3 Å². The number of hydrogen-bond donors (Lipinski definition) is 2. The maximum absolute atomic E-state index is 11.9. The first kappa shape index (κ1) is 19.9. The first-order valence-electron chi connectivity index (χ1n) is 8.22. The predicted octanol–water partition coefficient (Wildman–Crippen LogP) is 0.540. The number of benzene rings is 1. The van der Waals surface area contributed by atoms with Gasteiger partial charge in [0.15, 0.2) is 0 Å². The van der Waals surface area contributed by atoms with Gasteiger partial charge in [0.05, 0.1) is 19.3 Å². The zero-order valence-corrected chi connectivity index (χ0v) is 15.7. The maximum Gasteiger partial charge on any atom is 0.279 e. The van der Waals surface area contributed by atoms with Crippen molar-refractivity contribution in [2.75, 3.05) is 40.8 Å². The van der Waals surface area contributed by atoms with Crippen LogP contribution in [0.1, 0.15) is 12.0 Å². The van der Waals surface area contributed by atoms with Crippen LogP contribution in [0.4, 0.5) is 0 Å². The van der Waals surface area contributed by atoms with Gasteiger partial charge in [-0.1, -0.05) is 24.3 Å². The molecule has 25 heavy (non-hydrogen) atoms. The third-order valence-corrected chi connectivity index (χ3v) is 5.80. The number of aliphatic hydroxyl groups excluding tert-OH is 1. The fourth-order valence-corrected chi connectivity index (χ4v) is 3.52. The van der Waals surface area contributed by atoms with E-state index in [0.717, 1.165) is 22.2 Å². The summed E-state index contributed by atoms with van der Waals surface area (Å²) in [7, 11) is 1.04. The molecule has 0 saturated carbocycles. The van der Waals surface area contributed by atoms with E-state index in [2.05, 4.69) is 9.62 Å². The number of β-amino-alcohol motifs (C(OH)–C–C–N with tert-alkyl or cyclic N) is 1. The number of nitrogens with zero attached hydrogens (tertiary/aromatic N) is 2. The molecule has 1 aliphatic rings. The van der Waals surface area contributed by atoms with Gasteiger partial charge < -0.3 is 9.84 Å². The normalized spacial score (nSPS) is 22.6. The monoisotopic (exact) mass is 369 g/mol. The molecule has 140 valence electrons. The minimum Gasteiger partial charge on any atom is -0.497 e. The quantitative estimate of drug-likeness (QED) is 0.733. The lowest BCUT2D eigenvalue weighted by molar-refractivity contribution is 0.0532. The van der Waals surface area contributed by atoms with Crippen molar-refractivity contribution in [1.82, 2.24) is 13.9 Å². The molecule has 8 heteroatoms. The fourth-order valence-electron chi connectivity index (χ4n) is 2.65. The van der Waals surface area contributed by atoms with Crippen molar-refractivity contribution in [3.63, 3.8) is 0 Å². The van der Waals surface area contributed by atoms with E-state index in [1.165, 1.54) is 14.1 Å². The predicted molar refractivity (Wildman–Crippen MR) is 98.6 cm³/mol. The van der Waals surface area contributed by atoms with Crippen molar-refractivity contribution in [1.29, 1.82) is 0 Å². The number of methoxy groups -OCH3 is 1. The maximum atomic E-state index is 11.9. The minimum absolute atomic E-state index is 0.438. The number of aliphatic hydroxyl groups is 1. The number of rotatable bonds is 7. The average molecular weight is 369 g/mol. The molecule has 0 aliphatic carbocycles. The topological polar surface area (TPSA) is 82.1 Å². The van der Waals surface area contributed by atoms with Gasteiger partial charge in [0.2, 0.25) is 0 Å². The summed E-state index contributed by atoms with van der Waals surface area (Å²) in [6, 6.07) is 7.32. The highest BCUT2D eigenvalue weighted by molar-refractivity contribution is 7.87. The van der Waals surface area contributed by atoms with Crippen LogP contribution in [0, 0.1) is 0 Å². The molecule has 0 amide bonds. The molecule has 0 radical (unpaired) electrons. The first-order chi connectivity index (χ1) is 11.8. The Morgan fingerprint density at radius 3 is 2.60 bits per heavy atom. The average Bonchev–Trinajstić information content (AvgIpc) is 2.57. The minimum atomic E-state index is -3.53. The van der Waals surface area contributed by atoms with Crippen LogP contribution in [0.2, 0.25) is 0 Å². The van der Waals surface area contributed by atoms with E-state index in [1.807, 2.05) is 36.4 Å². The molecule has 0 bridgehead atoms. The zero-order valence-electron chi connectivity index (χ0n) is 14.9. The molecule has 1 aliphatic heterocycles. The Morgan fingerprint density at radius 1 is 1.36 bits per heavy atom. The lowest BCUT2D eigenvalue weighted by Gasteiger charge is -2.35. The van der Waals surface area contributed by atoms with Crippen LogP contribution < -0.4 is 9.46 Å². The molecule has 1 heterocycles. The Morgan fingerprint density at radius 2 is 2.04 bits per heavy atom. The van der Waals surface area contributed by atoms with Gasteiger partial charge in [0.25, 0.3) is 10.2 Å². The summed E-state index contributed by atoms with van der Waals surface area (Å²) in [5, 5.41) is 10.2. The second kappa shape index (κ2) is 8.77. The smallest absolute Gasteiger partial charge is 0.279 e. The zero-order chi connectivity index (χ0) is 18.4. The molecule has 2 rings (SSSR count). The van der Waals surface area contributed by atoms with Gasteiger partial charge in [-0.2, -0.15) is 17.4 Å². The van der Waals surface area contributed by atoms with E-state index in [9.17, 15) is 13.5 Å². The lowest BCUT2D eigenvalue weighted by Crippen LogP contribution is -2.55. The van der Waals surface area contributed by atoms with Crippen molar-refractivity contribution in [2.45, 2.75) is 18.6 Å². The Kier molecular flexibility index (Phi) is 6.97. The molecular formula is C17H27N3O4S. The first-order valence-corrected chi connectivity index (χ1v) is 9.66. The highest BCUT2D eigenvalue weighted by atomic mass is 32.2. The molecule has 0 unspecified atom stereocenters. The highest BCUT2D eigenvalue weighted by Gasteiger charge is 2.30. The molecule has 0 spiro atoms. The van der Waals surface area contributed by atoms with E-state index in [4.69, 9.17) is 4.74 Å². The fraction of sp³-hybridized carbons (Fsp3) is 0.529. The Bertz CT molecular complexity index is 674. The lowest BCUT2D eigenvalue weighted by atomic mass is 10.0. The van der Waals surface area contributed by atoms with Gasteiger partial charge in [-0.15, -0.1) is 0 Å². The van der Waals surface area contributed by atoms with Gasteiger partial charge in [0.1, 0.15) is 5.75 Å². The largest absolute Gasteiger partial charge is 0.497 e. The molecule has 2 N–H and O–H groups in total. The second-order valence-corrected chi connectivity index (χ2v) is 8.22. The molecule has 1 aromatic rings. The summed E-state index contributed by atoms with van der Waals surface area (Å²) in [6.07, 6.45) is 3.91. The van der Waals surface area contributed by atoms with Gasteiger partial charge >= 0.3 is 0 Å². The van der Waals surface area contributed by atoms with Gasteiger partial charge in [-0.05, 0) is 24.1 Å². The summed E-state index contributed by atoms with van der Waals surface area (Å²) in [5.74, 6) is 0.822. The van der Waals surface area contributed by atoms with E-state index < -0.39 is 22.4 Å². The van der Waals surface area contributed by atoms with Crippen LogP contribution in [0.15, 0.2) is 30.3 Å². The van der Waals surface area contributed by atoms with E-state index in [0.29, 0.717) is 19.5 Å². The van der Waals surface area contributed by atoms with Crippen LogP contribution in [-0.2, 0) is 10.2 Å². The molecule has 1 fully saturated rings. The van der Waals surface area contributed by atoms with Gasteiger partial charge in [0, 0.05) is 33.7 Å². The van der Waals surface area contributed by atoms with Crippen molar-refractivity contribution in [3.8, 4) is 5.75 Å². The number of likely N-dealkylation sites (tertiary alicyclic amines) is 1. The summed E-state index contributed by atoms with van der Waals surface area (Å²) in [5.41, 5.74) is 1.08. The number of piperidine rings is 1. The van der Waals surface area contributed by atoms with Crippen LogP contribution in [-0.4, -0.2) is 75.7 Å². The molecule has 1 saturated heterocycles. The van der Waals surface area contributed by atoms with Crippen LogP contribution in [0.5, 0.6) is 5.75 Å². The third-order valence-electron chi connectivity index (χ3n) is 4.24. The van der Waals surface area contributed by atoms with Gasteiger partial charge in [-0.25, -0.2) is 0 Å². The standard InChI is InChI=1S/C17H27N3O4S/c1-19(2)25(22,23)18-16-10-12-20(13-17(16)21)11-4-5-14-6-8-15(24-3)9-7-14/h4-9,16-18,21H,10-13H2,1-3H3/b5-4+/t16-,17-/m1/s1. The molecule has 2 atom stereocenters. The van der Waals surface area contributed by atoms with Crippen LogP contribution in [0.25, 0.3) is 6.08 Å². The van der Waals surface area contributed by atoms with E-state index in [-0.39, 0.29) is 0 Å². The summed E-state index contributed by atoms with van der Waals surface area (Å²) in [6.45, 7) is 1.87. The summed E-state index contributed by atoms with van der Waals surface area (Å²) >= 11 is 0. The highest BCUT2D eigenvalue weighted by Crippen LogP contribution is 2.14. The number of hydrogen-bond acceptors (Lipinski definition) is 5. The van der Waals surface area contributed by atoms with Crippen molar-refractivity contribution < 1.29 is 18.3 Å². The summed E-state index contributed by atoms with van der Waals surface area (Å²) in [4.78, 5) is 2.10. The van der Waals surface area contributed by atoms with E-state index in [1.54, 1.807) is 7.11 Å². The Labute approximate surface area is 150 Å². The van der Waals surface area contributed by atoms with Gasteiger partial charge in [-0.3, -0.25) is 4.90 Å². The Hall–Kier alpha value is -1.45. The summed E-state index contributed by atoms with van der Waals surface area (Å²) < 4.78 is 32.5.